The molecule has 0 atom stereocenters. The van der Waals surface area contributed by atoms with Gasteiger partial charge in [0.15, 0.2) is 0 Å². The molecule has 1 aliphatic heterocycles. The number of aryl methyl sites for hydroxylation is 1. The highest BCUT2D eigenvalue weighted by molar-refractivity contribution is 5.66. The predicted molar refractivity (Wildman–Crippen MR) is 127 cm³/mol. The number of nitriles is 1. The van der Waals surface area contributed by atoms with Crippen LogP contribution in [0, 0.1) is 17.1 Å². The van der Waals surface area contributed by atoms with E-state index in [-0.39, 0.29) is 35.4 Å². The van der Waals surface area contributed by atoms with Crippen molar-refractivity contribution in [2.45, 2.75) is 25.6 Å². The maximum atomic E-state index is 13.6. The van der Waals surface area contributed by atoms with Gasteiger partial charge in [0, 0.05) is 24.6 Å². The number of nitrogens with zero attached hydrogens (tertiary/aromatic N) is 4. The molecular weight excluding hydrogens is 504 g/mol. The Bertz CT molecular complexity index is 1610. The van der Waals surface area contributed by atoms with Crippen LogP contribution in [0.25, 0.3) is 11.3 Å². The Morgan fingerprint density at radius 3 is 2.66 bits per heavy atom. The first-order valence-corrected chi connectivity index (χ1v) is 11.5. The molecular formula is C27H18F4N4O3. The van der Waals surface area contributed by atoms with Crippen molar-refractivity contribution >= 4 is 0 Å². The zero-order chi connectivity index (χ0) is 26.9. The van der Waals surface area contributed by atoms with Crippen LogP contribution in [0.15, 0.2) is 65.6 Å². The molecule has 1 aliphatic rings. The first kappa shape index (κ1) is 25.0. The first-order valence-electron chi connectivity index (χ1n) is 11.5. The van der Waals surface area contributed by atoms with Crippen molar-refractivity contribution in [3.63, 3.8) is 0 Å². The third-order valence-corrected chi connectivity index (χ3v) is 6.00. The maximum Gasteiger partial charge on any atom is 0.433 e. The molecule has 2 aromatic heterocycles. The average Bonchev–Trinajstić information content (AvgIpc) is 2.89. The Hall–Kier alpha value is -4.72. The fourth-order valence-electron chi connectivity index (χ4n) is 4.17. The number of alkyl halides is 3. The van der Waals surface area contributed by atoms with Gasteiger partial charge in [-0.1, -0.05) is 6.07 Å². The zero-order valence-electron chi connectivity index (χ0n) is 19.6. The molecule has 2 aromatic carbocycles. The largest absolute Gasteiger partial charge is 0.477 e. The van der Waals surface area contributed by atoms with E-state index in [4.69, 9.17) is 9.47 Å². The second-order valence-electron chi connectivity index (χ2n) is 8.49. The van der Waals surface area contributed by atoms with Crippen molar-refractivity contribution in [1.29, 1.82) is 5.26 Å². The van der Waals surface area contributed by atoms with Gasteiger partial charge in [0.25, 0.3) is 0 Å². The summed E-state index contributed by atoms with van der Waals surface area (Å²) < 4.78 is 64.5. The van der Waals surface area contributed by atoms with Crippen molar-refractivity contribution in [2.24, 2.45) is 0 Å². The Labute approximate surface area is 213 Å². The number of fused-ring (bicyclic) bond motifs is 3. The van der Waals surface area contributed by atoms with Crippen LogP contribution in [-0.4, -0.2) is 21.1 Å². The average molecular weight is 522 g/mol. The predicted octanol–water partition coefficient (Wildman–Crippen LogP) is 5.30. The van der Waals surface area contributed by atoms with Gasteiger partial charge < -0.3 is 9.47 Å². The minimum atomic E-state index is -4.56. The highest BCUT2D eigenvalue weighted by atomic mass is 19.4. The molecule has 4 aromatic rings. The van der Waals surface area contributed by atoms with E-state index in [1.54, 1.807) is 24.3 Å². The normalized spacial score (nSPS) is 12.3. The lowest BCUT2D eigenvalue weighted by molar-refractivity contribution is -0.141. The van der Waals surface area contributed by atoms with E-state index in [1.807, 2.05) is 6.07 Å². The van der Waals surface area contributed by atoms with E-state index in [2.05, 4.69) is 9.97 Å². The molecule has 0 spiro atoms. The summed E-state index contributed by atoms with van der Waals surface area (Å²) in [4.78, 5) is 19.8. The molecule has 7 nitrogen and oxygen atoms in total. The van der Waals surface area contributed by atoms with Crippen LogP contribution >= 0.6 is 0 Å². The van der Waals surface area contributed by atoms with Crippen molar-refractivity contribution in [3.05, 3.63) is 99.5 Å². The van der Waals surface area contributed by atoms with E-state index in [0.29, 0.717) is 25.1 Å². The fourth-order valence-corrected chi connectivity index (χ4v) is 4.17. The number of rotatable bonds is 6. The summed E-state index contributed by atoms with van der Waals surface area (Å²) in [5.41, 5.74) is 1.56. The molecule has 0 saturated carbocycles. The first-order chi connectivity index (χ1) is 18.2. The number of halogens is 4. The number of pyridine rings is 1. The molecule has 0 aliphatic carbocycles. The third-order valence-electron chi connectivity index (χ3n) is 6.00. The van der Waals surface area contributed by atoms with Gasteiger partial charge in [0.1, 0.15) is 29.1 Å². The van der Waals surface area contributed by atoms with Crippen molar-refractivity contribution in [2.75, 3.05) is 6.61 Å². The lowest BCUT2D eigenvalue weighted by atomic mass is 9.98. The van der Waals surface area contributed by atoms with Gasteiger partial charge in [0.2, 0.25) is 5.88 Å². The molecule has 0 unspecified atom stereocenters. The number of hydrogen-bond donors (Lipinski definition) is 0. The summed E-state index contributed by atoms with van der Waals surface area (Å²) in [6.07, 6.45) is -2.72. The van der Waals surface area contributed by atoms with E-state index >= 15 is 0 Å². The van der Waals surface area contributed by atoms with Gasteiger partial charge in [-0.25, -0.2) is 14.2 Å². The molecule has 0 fully saturated rings. The molecule has 3 heterocycles. The molecule has 0 N–H and O–H groups in total. The van der Waals surface area contributed by atoms with Crippen LogP contribution in [0.3, 0.4) is 0 Å². The van der Waals surface area contributed by atoms with Gasteiger partial charge in [-0.05, 0) is 60.0 Å². The molecule has 5 rings (SSSR count). The highest BCUT2D eigenvalue weighted by Crippen LogP contribution is 2.32. The summed E-state index contributed by atoms with van der Waals surface area (Å²) in [5.74, 6) is 0.0146. The van der Waals surface area contributed by atoms with Gasteiger partial charge in [-0.15, -0.1) is 0 Å². The van der Waals surface area contributed by atoms with Crippen LogP contribution in [0.2, 0.25) is 0 Å². The number of aromatic nitrogens is 3. The molecule has 192 valence electrons. The SMILES string of the molecule is N#Cc1cc(CCOc2cc3n(c(=O)n2)CCc2cc(F)ccc2-3)ccc1Oc1ccc(C(F)(F)F)nc1. The molecule has 0 bridgehead atoms. The number of hydrogen-bond acceptors (Lipinski definition) is 6. The Morgan fingerprint density at radius 1 is 1.08 bits per heavy atom. The lowest BCUT2D eigenvalue weighted by Crippen LogP contribution is -2.28. The summed E-state index contributed by atoms with van der Waals surface area (Å²) in [7, 11) is 0. The minimum Gasteiger partial charge on any atom is -0.477 e. The van der Waals surface area contributed by atoms with Gasteiger partial charge in [-0.3, -0.25) is 4.57 Å². The molecule has 0 saturated heterocycles. The number of ether oxygens (including phenoxy) is 2. The van der Waals surface area contributed by atoms with E-state index in [0.717, 1.165) is 35.0 Å². The van der Waals surface area contributed by atoms with Crippen LogP contribution in [0.5, 0.6) is 17.4 Å². The van der Waals surface area contributed by atoms with Crippen LogP contribution in [0.1, 0.15) is 22.4 Å². The van der Waals surface area contributed by atoms with E-state index in [9.17, 15) is 27.6 Å². The molecule has 0 amide bonds. The second kappa shape index (κ2) is 9.97. The highest BCUT2D eigenvalue weighted by Gasteiger charge is 2.32. The van der Waals surface area contributed by atoms with Crippen LogP contribution < -0.4 is 15.2 Å². The second-order valence-corrected chi connectivity index (χ2v) is 8.49. The van der Waals surface area contributed by atoms with Crippen molar-refractivity contribution in [3.8, 4) is 34.7 Å². The smallest absolute Gasteiger partial charge is 0.433 e. The topological polar surface area (TPSA) is 90.0 Å². The van der Waals surface area contributed by atoms with E-state index < -0.39 is 17.6 Å². The molecule has 38 heavy (non-hydrogen) atoms. The molecule has 0 radical (unpaired) electrons. The van der Waals surface area contributed by atoms with Gasteiger partial charge in [0.05, 0.1) is 24.1 Å². The minimum absolute atomic E-state index is 0.0552. The quantitative estimate of drug-likeness (QED) is 0.319. The lowest BCUT2D eigenvalue weighted by Gasteiger charge is -2.21. The summed E-state index contributed by atoms with van der Waals surface area (Å²) >= 11 is 0. The van der Waals surface area contributed by atoms with Gasteiger partial charge >= 0.3 is 11.9 Å². The van der Waals surface area contributed by atoms with Crippen LogP contribution in [-0.2, 0) is 25.6 Å². The van der Waals surface area contributed by atoms with Crippen molar-refractivity contribution < 1.29 is 27.0 Å². The standard InChI is InChI=1S/C27H18F4N4O3/c28-19-2-4-21-17(12-19)7-9-35-22(21)13-25(34-26(35)36)37-10-8-16-1-5-23(18(11-16)14-32)38-20-3-6-24(33-15-20)27(29,30)31/h1-6,11-13,15H,7-10H2. The Balaban J connectivity index is 1.27. The monoisotopic (exact) mass is 522 g/mol. The third kappa shape index (κ3) is 5.20. The van der Waals surface area contributed by atoms with E-state index in [1.165, 1.54) is 22.8 Å². The van der Waals surface area contributed by atoms with Crippen molar-refractivity contribution in [1.82, 2.24) is 14.5 Å². The van der Waals surface area contributed by atoms with Crippen LogP contribution in [0.4, 0.5) is 17.6 Å². The summed E-state index contributed by atoms with van der Waals surface area (Å²) in [5, 5.41) is 9.52. The maximum absolute atomic E-state index is 13.6. The fraction of sp³-hybridized carbons (Fsp3) is 0.185. The molecule has 11 heteroatoms. The number of benzene rings is 2. The summed E-state index contributed by atoms with van der Waals surface area (Å²) in [6, 6.07) is 14.8. The zero-order valence-corrected chi connectivity index (χ0v) is 19.6. The Morgan fingerprint density at radius 2 is 1.92 bits per heavy atom. The summed E-state index contributed by atoms with van der Waals surface area (Å²) in [6.45, 7) is 0.547. The Kier molecular flexibility index (Phi) is 6.55. The van der Waals surface area contributed by atoms with Gasteiger partial charge in [-0.2, -0.15) is 23.4 Å².